The Kier molecular flexibility index (Phi) is 4.64. The highest BCUT2D eigenvalue weighted by molar-refractivity contribution is 7.09. The molecule has 0 radical (unpaired) electrons. The summed E-state index contributed by atoms with van der Waals surface area (Å²) in [6.07, 6.45) is -3.91. The third-order valence-electron chi connectivity index (χ3n) is 3.22. The van der Waals surface area contributed by atoms with E-state index >= 15 is 0 Å². The zero-order chi connectivity index (χ0) is 14.9. The van der Waals surface area contributed by atoms with Crippen molar-refractivity contribution < 1.29 is 17.9 Å². The minimum absolute atomic E-state index is 0.167. The molecule has 0 saturated heterocycles. The van der Waals surface area contributed by atoms with Crippen molar-refractivity contribution >= 4 is 11.3 Å². The standard InChI is InChI=1S/C12H19F3N2OS/c1-5-10(3,18-6-2)9-17-8(7-19-9)11(4,16)12(13,14)15/h7H,5-6,16H2,1-4H3. The number of aromatic nitrogens is 1. The van der Waals surface area contributed by atoms with Crippen molar-refractivity contribution in [3.05, 3.63) is 16.1 Å². The van der Waals surface area contributed by atoms with Gasteiger partial charge < -0.3 is 10.5 Å². The Labute approximate surface area is 115 Å². The van der Waals surface area contributed by atoms with Gasteiger partial charge in [-0.25, -0.2) is 4.98 Å². The maximum Gasteiger partial charge on any atom is 0.411 e. The van der Waals surface area contributed by atoms with Crippen molar-refractivity contribution in [3.63, 3.8) is 0 Å². The first-order valence-corrected chi connectivity index (χ1v) is 6.92. The van der Waals surface area contributed by atoms with Gasteiger partial charge in [-0.15, -0.1) is 11.3 Å². The van der Waals surface area contributed by atoms with Gasteiger partial charge in [0.05, 0.1) is 5.69 Å². The predicted octanol–water partition coefficient (Wildman–Crippen LogP) is 3.54. The third-order valence-corrected chi connectivity index (χ3v) is 4.30. The van der Waals surface area contributed by atoms with Gasteiger partial charge in [0.2, 0.25) is 0 Å². The number of nitrogens with zero attached hydrogens (tertiary/aromatic N) is 1. The maximum absolute atomic E-state index is 12.9. The van der Waals surface area contributed by atoms with Crippen LogP contribution in [-0.2, 0) is 15.9 Å². The number of hydrogen-bond donors (Lipinski definition) is 1. The van der Waals surface area contributed by atoms with Gasteiger partial charge >= 0.3 is 6.18 Å². The van der Waals surface area contributed by atoms with Crippen LogP contribution in [0.1, 0.15) is 44.8 Å². The molecule has 2 unspecified atom stereocenters. The van der Waals surface area contributed by atoms with Crippen LogP contribution in [-0.4, -0.2) is 17.8 Å². The molecule has 0 fully saturated rings. The van der Waals surface area contributed by atoms with E-state index in [1.807, 2.05) is 20.8 Å². The molecule has 1 rings (SSSR count). The first-order valence-electron chi connectivity index (χ1n) is 6.04. The van der Waals surface area contributed by atoms with E-state index in [2.05, 4.69) is 4.98 Å². The van der Waals surface area contributed by atoms with Crippen LogP contribution < -0.4 is 5.73 Å². The van der Waals surface area contributed by atoms with Crippen LogP contribution in [0.2, 0.25) is 0 Å². The van der Waals surface area contributed by atoms with E-state index in [9.17, 15) is 13.2 Å². The molecule has 0 saturated carbocycles. The van der Waals surface area contributed by atoms with Gasteiger partial charge in [0.15, 0.2) is 5.54 Å². The van der Waals surface area contributed by atoms with Crippen LogP contribution in [0.25, 0.3) is 0 Å². The van der Waals surface area contributed by atoms with Crippen molar-refractivity contribution in [1.29, 1.82) is 0 Å². The monoisotopic (exact) mass is 296 g/mol. The minimum Gasteiger partial charge on any atom is -0.368 e. The van der Waals surface area contributed by atoms with E-state index in [4.69, 9.17) is 10.5 Å². The van der Waals surface area contributed by atoms with Gasteiger partial charge in [-0.05, 0) is 27.2 Å². The van der Waals surface area contributed by atoms with E-state index in [0.717, 1.165) is 18.3 Å². The highest BCUT2D eigenvalue weighted by Crippen LogP contribution is 2.39. The van der Waals surface area contributed by atoms with Gasteiger partial charge in [0.25, 0.3) is 0 Å². The van der Waals surface area contributed by atoms with Crippen molar-refractivity contribution in [2.24, 2.45) is 5.73 Å². The molecule has 0 aliphatic carbocycles. The largest absolute Gasteiger partial charge is 0.411 e. The molecule has 0 spiro atoms. The molecule has 0 amide bonds. The van der Waals surface area contributed by atoms with Gasteiger partial charge in [-0.2, -0.15) is 13.2 Å². The van der Waals surface area contributed by atoms with Gasteiger partial charge in [0, 0.05) is 12.0 Å². The topological polar surface area (TPSA) is 48.1 Å². The van der Waals surface area contributed by atoms with Crippen molar-refractivity contribution in [2.45, 2.75) is 51.4 Å². The van der Waals surface area contributed by atoms with Crippen LogP contribution >= 0.6 is 11.3 Å². The van der Waals surface area contributed by atoms with Crippen LogP contribution in [0.5, 0.6) is 0 Å². The number of ether oxygens (including phenoxy) is 1. The average Bonchev–Trinajstić information content (AvgIpc) is 2.78. The molecule has 1 heterocycles. The summed E-state index contributed by atoms with van der Waals surface area (Å²) in [4.78, 5) is 4.06. The summed E-state index contributed by atoms with van der Waals surface area (Å²) in [6.45, 7) is 6.96. The Hall–Kier alpha value is -0.660. The normalized spacial score (nSPS) is 18.9. The van der Waals surface area contributed by atoms with E-state index in [1.54, 1.807) is 0 Å². The first kappa shape index (κ1) is 16.4. The number of hydrogen-bond acceptors (Lipinski definition) is 4. The molecule has 7 heteroatoms. The summed E-state index contributed by atoms with van der Waals surface area (Å²) in [5.74, 6) is 0. The Morgan fingerprint density at radius 3 is 2.32 bits per heavy atom. The molecule has 0 aliphatic rings. The fraction of sp³-hybridized carbons (Fsp3) is 0.750. The molecule has 1 aromatic heterocycles. The Bertz CT molecular complexity index is 431. The smallest absolute Gasteiger partial charge is 0.368 e. The lowest BCUT2D eigenvalue weighted by atomic mass is 9.99. The molecular formula is C12H19F3N2OS. The van der Waals surface area contributed by atoms with E-state index in [1.165, 1.54) is 5.38 Å². The Balaban J connectivity index is 3.13. The quantitative estimate of drug-likeness (QED) is 0.904. The predicted molar refractivity (Wildman–Crippen MR) is 69.0 cm³/mol. The molecule has 2 N–H and O–H groups in total. The lowest BCUT2D eigenvalue weighted by molar-refractivity contribution is -0.185. The number of halogens is 3. The second-order valence-electron chi connectivity index (χ2n) is 4.76. The van der Waals surface area contributed by atoms with Crippen molar-refractivity contribution in [1.82, 2.24) is 4.98 Å². The van der Waals surface area contributed by atoms with Crippen LogP contribution in [0.3, 0.4) is 0 Å². The summed E-state index contributed by atoms with van der Waals surface area (Å²) >= 11 is 1.15. The fourth-order valence-electron chi connectivity index (χ4n) is 1.53. The Morgan fingerprint density at radius 1 is 1.32 bits per heavy atom. The second-order valence-corrected chi connectivity index (χ2v) is 5.61. The zero-order valence-corrected chi connectivity index (χ0v) is 12.3. The van der Waals surface area contributed by atoms with Crippen molar-refractivity contribution in [3.8, 4) is 0 Å². The first-order chi connectivity index (χ1) is 8.58. The molecule has 110 valence electrons. The lowest BCUT2D eigenvalue weighted by Gasteiger charge is -2.27. The number of thiazole rings is 1. The minimum atomic E-state index is -4.54. The average molecular weight is 296 g/mol. The number of nitrogens with two attached hydrogens (primary N) is 1. The van der Waals surface area contributed by atoms with Gasteiger partial charge in [-0.3, -0.25) is 0 Å². The second kappa shape index (κ2) is 5.38. The molecule has 0 bridgehead atoms. The van der Waals surface area contributed by atoms with E-state index < -0.39 is 17.3 Å². The fourth-order valence-corrected chi connectivity index (χ4v) is 2.66. The van der Waals surface area contributed by atoms with Crippen LogP contribution in [0.15, 0.2) is 5.38 Å². The molecule has 1 aromatic rings. The number of rotatable bonds is 5. The third kappa shape index (κ3) is 3.09. The molecule has 2 atom stereocenters. The van der Waals surface area contributed by atoms with E-state index in [-0.39, 0.29) is 5.69 Å². The summed E-state index contributed by atoms with van der Waals surface area (Å²) in [5, 5.41) is 1.88. The van der Waals surface area contributed by atoms with E-state index in [0.29, 0.717) is 18.0 Å². The SMILES string of the molecule is CCOC(C)(CC)c1nc(C(C)(N)C(F)(F)F)cs1. The molecule has 19 heavy (non-hydrogen) atoms. The Morgan fingerprint density at radius 2 is 1.89 bits per heavy atom. The summed E-state index contributed by atoms with van der Waals surface area (Å²) in [7, 11) is 0. The van der Waals surface area contributed by atoms with Crippen LogP contribution in [0, 0.1) is 0 Å². The van der Waals surface area contributed by atoms with Gasteiger partial charge in [-0.1, -0.05) is 6.92 Å². The number of alkyl halides is 3. The highest BCUT2D eigenvalue weighted by atomic mass is 32.1. The summed E-state index contributed by atoms with van der Waals surface area (Å²) < 4.78 is 44.2. The summed E-state index contributed by atoms with van der Waals surface area (Å²) in [5.41, 5.74) is 2.09. The molecule has 3 nitrogen and oxygen atoms in total. The van der Waals surface area contributed by atoms with Crippen LogP contribution in [0.4, 0.5) is 13.2 Å². The molecular weight excluding hydrogens is 277 g/mol. The highest BCUT2D eigenvalue weighted by Gasteiger charge is 2.51. The maximum atomic E-state index is 12.9. The zero-order valence-electron chi connectivity index (χ0n) is 11.5. The van der Waals surface area contributed by atoms with Gasteiger partial charge in [0.1, 0.15) is 10.6 Å². The lowest BCUT2D eigenvalue weighted by Crippen LogP contribution is -2.48. The molecule has 0 aromatic carbocycles. The van der Waals surface area contributed by atoms with Crippen molar-refractivity contribution in [2.75, 3.05) is 6.61 Å². The molecule has 0 aliphatic heterocycles. The summed E-state index contributed by atoms with van der Waals surface area (Å²) in [6, 6.07) is 0.